The minimum Gasteiger partial charge on any atom is -0.372 e. The Kier molecular flexibility index (Phi) is 6.79. The Morgan fingerprint density at radius 3 is 2.45 bits per heavy atom. The fraction of sp³-hybridized carbons (Fsp3) is 0.273. The van der Waals surface area contributed by atoms with Crippen molar-refractivity contribution in [3.05, 3.63) is 88.3 Å². The maximum atomic E-state index is 13.7. The van der Waals surface area contributed by atoms with Crippen molar-refractivity contribution >= 4 is 33.6 Å². The molecule has 9 nitrogen and oxygen atoms in total. The number of hydrogen-bond acceptors (Lipinski definition) is 6. The Balaban J connectivity index is 1.62. The molecule has 6 rings (SSSR count). The zero-order chi connectivity index (χ0) is 29.7. The highest BCUT2D eigenvalue weighted by Gasteiger charge is 2.28. The molecule has 212 valence electrons. The Morgan fingerprint density at radius 2 is 1.79 bits per heavy atom. The third-order valence-electron chi connectivity index (χ3n) is 7.97. The van der Waals surface area contributed by atoms with E-state index in [1.54, 1.807) is 12.1 Å². The molecule has 3 aromatic carbocycles. The lowest BCUT2D eigenvalue weighted by Crippen LogP contribution is -2.48. The molecule has 42 heavy (non-hydrogen) atoms. The van der Waals surface area contributed by atoms with E-state index >= 15 is 0 Å². The van der Waals surface area contributed by atoms with Gasteiger partial charge < -0.3 is 24.5 Å². The van der Waals surface area contributed by atoms with E-state index in [0.717, 1.165) is 33.1 Å². The molecule has 1 fully saturated rings. The SMILES string of the molecule is Cc1noc(C)c1-c1cc(C(N)=O)c2c3cc(C(=O)N4C[C@@H](C)O[C@@H](C)C4)ccc3n(Cc3ccccc3C#N)c2c1. The van der Waals surface area contributed by atoms with Crippen molar-refractivity contribution in [3.63, 3.8) is 0 Å². The molecule has 0 radical (unpaired) electrons. The van der Waals surface area contributed by atoms with Crippen LogP contribution in [-0.4, -0.2) is 51.7 Å². The van der Waals surface area contributed by atoms with Crippen LogP contribution in [0.4, 0.5) is 0 Å². The molecule has 9 heteroatoms. The monoisotopic (exact) mass is 561 g/mol. The number of rotatable bonds is 5. The first-order valence-corrected chi connectivity index (χ1v) is 13.9. The van der Waals surface area contributed by atoms with Gasteiger partial charge in [-0.1, -0.05) is 23.4 Å². The van der Waals surface area contributed by atoms with E-state index in [9.17, 15) is 14.9 Å². The topological polar surface area (TPSA) is 127 Å². The highest BCUT2D eigenvalue weighted by molar-refractivity contribution is 6.20. The third kappa shape index (κ3) is 4.60. The fourth-order valence-electron chi connectivity index (χ4n) is 6.23. The van der Waals surface area contributed by atoms with Crippen molar-refractivity contribution in [1.82, 2.24) is 14.6 Å². The second-order valence-electron chi connectivity index (χ2n) is 11.0. The number of fused-ring (bicyclic) bond motifs is 3. The number of carbonyl (C=O) groups is 2. The van der Waals surface area contributed by atoms with Crippen LogP contribution in [0, 0.1) is 25.2 Å². The second-order valence-corrected chi connectivity index (χ2v) is 11.0. The highest BCUT2D eigenvalue weighted by atomic mass is 16.5. The number of carbonyl (C=O) groups excluding carboxylic acids is 2. The summed E-state index contributed by atoms with van der Waals surface area (Å²) in [5, 5.41) is 15.3. The van der Waals surface area contributed by atoms with Gasteiger partial charge in [0.1, 0.15) is 5.76 Å². The molecule has 5 aromatic rings. The van der Waals surface area contributed by atoms with E-state index in [2.05, 4.69) is 15.8 Å². The van der Waals surface area contributed by atoms with E-state index in [0.29, 0.717) is 53.2 Å². The molecule has 2 amide bonds. The van der Waals surface area contributed by atoms with Gasteiger partial charge >= 0.3 is 0 Å². The van der Waals surface area contributed by atoms with E-state index < -0.39 is 5.91 Å². The third-order valence-corrected chi connectivity index (χ3v) is 7.97. The molecule has 2 atom stereocenters. The summed E-state index contributed by atoms with van der Waals surface area (Å²) in [5.74, 6) is -0.0538. The summed E-state index contributed by atoms with van der Waals surface area (Å²) in [6, 6.07) is 19.1. The number of benzene rings is 3. The smallest absolute Gasteiger partial charge is 0.254 e. The lowest BCUT2D eigenvalue weighted by molar-refractivity contribution is -0.0586. The maximum absolute atomic E-state index is 13.7. The van der Waals surface area contributed by atoms with Crippen molar-refractivity contribution < 1.29 is 18.8 Å². The van der Waals surface area contributed by atoms with Gasteiger partial charge in [-0.2, -0.15) is 5.26 Å². The Bertz CT molecular complexity index is 1900. The van der Waals surface area contributed by atoms with E-state index in [-0.39, 0.29) is 18.1 Å². The van der Waals surface area contributed by atoms with Gasteiger partial charge in [-0.25, -0.2) is 0 Å². The van der Waals surface area contributed by atoms with Crippen LogP contribution in [0.2, 0.25) is 0 Å². The van der Waals surface area contributed by atoms with Crippen LogP contribution in [0.1, 0.15) is 57.1 Å². The number of ether oxygens (including phenoxy) is 1. The number of nitrogens with two attached hydrogens (primary N) is 1. The molecule has 1 saturated heterocycles. The van der Waals surface area contributed by atoms with Gasteiger partial charge in [0.05, 0.1) is 35.1 Å². The van der Waals surface area contributed by atoms with Gasteiger partial charge in [-0.05, 0) is 75.2 Å². The van der Waals surface area contributed by atoms with E-state index in [1.165, 1.54) is 0 Å². The number of amides is 2. The Morgan fingerprint density at radius 1 is 1.05 bits per heavy atom. The molecule has 2 aromatic heterocycles. The van der Waals surface area contributed by atoms with Crippen molar-refractivity contribution in [3.8, 4) is 17.2 Å². The predicted octanol–water partition coefficient (Wildman–Crippen LogP) is 5.33. The van der Waals surface area contributed by atoms with E-state index in [1.807, 2.05) is 75.1 Å². The number of aryl methyl sites for hydroxylation is 2. The summed E-state index contributed by atoms with van der Waals surface area (Å²) in [4.78, 5) is 28.5. The number of hydrogen-bond donors (Lipinski definition) is 1. The lowest BCUT2D eigenvalue weighted by atomic mass is 9.97. The average molecular weight is 562 g/mol. The summed E-state index contributed by atoms with van der Waals surface area (Å²) in [6.45, 7) is 8.97. The Hall–Kier alpha value is -4.94. The lowest BCUT2D eigenvalue weighted by Gasteiger charge is -2.35. The average Bonchev–Trinajstić information content (AvgIpc) is 3.47. The standard InChI is InChI=1S/C33H31N5O4/c1-18-15-37(16-19(2)41-18)33(40)22-9-10-28-26(11-22)31-27(32(35)39)12-25(30-20(3)36-42-21(30)4)13-29(31)38(28)17-24-8-6-5-7-23(24)14-34/h5-13,18-19H,15-17H2,1-4H3,(H2,35,39)/t18-,19+. The molecule has 1 aliphatic rings. The van der Waals surface area contributed by atoms with E-state index in [4.69, 9.17) is 15.0 Å². The van der Waals surface area contributed by atoms with Crippen LogP contribution in [0.15, 0.2) is 59.1 Å². The van der Waals surface area contributed by atoms with Gasteiger partial charge in [0, 0.05) is 52.6 Å². The van der Waals surface area contributed by atoms with Crippen molar-refractivity contribution in [2.45, 2.75) is 46.4 Å². The number of aromatic nitrogens is 2. The highest BCUT2D eigenvalue weighted by Crippen LogP contribution is 2.38. The molecular weight excluding hydrogens is 530 g/mol. The van der Waals surface area contributed by atoms with Gasteiger partial charge in [0.25, 0.3) is 5.91 Å². The summed E-state index contributed by atoms with van der Waals surface area (Å²) >= 11 is 0. The molecule has 1 aliphatic heterocycles. The van der Waals surface area contributed by atoms with Gasteiger partial charge in [-0.15, -0.1) is 0 Å². The number of primary amides is 1. The molecular formula is C33H31N5O4. The predicted molar refractivity (Wildman–Crippen MR) is 159 cm³/mol. The molecule has 0 bridgehead atoms. The van der Waals surface area contributed by atoms with Crippen LogP contribution in [0.3, 0.4) is 0 Å². The molecule has 0 aliphatic carbocycles. The largest absolute Gasteiger partial charge is 0.372 e. The molecule has 0 saturated carbocycles. The summed E-state index contributed by atoms with van der Waals surface area (Å²) in [6.07, 6.45) is -0.125. The molecule has 2 N–H and O–H groups in total. The van der Waals surface area contributed by atoms with Crippen molar-refractivity contribution in [1.29, 1.82) is 5.26 Å². The normalized spacial score (nSPS) is 17.1. The molecule has 0 unspecified atom stereocenters. The zero-order valence-electron chi connectivity index (χ0n) is 24.0. The van der Waals surface area contributed by atoms with Gasteiger partial charge in [0.15, 0.2) is 0 Å². The minimum absolute atomic E-state index is 0.0623. The Labute approximate surface area is 243 Å². The quantitative estimate of drug-likeness (QED) is 0.309. The van der Waals surface area contributed by atoms with Crippen LogP contribution in [0.5, 0.6) is 0 Å². The van der Waals surface area contributed by atoms with Crippen molar-refractivity contribution in [2.24, 2.45) is 5.73 Å². The first kappa shape index (κ1) is 27.2. The number of nitrogens with zero attached hydrogens (tertiary/aromatic N) is 4. The number of nitriles is 1. The summed E-state index contributed by atoms with van der Waals surface area (Å²) in [7, 11) is 0. The zero-order valence-corrected chi connectivity index (χ0v) is 24.0. The first-order chi connectivity index (χ1) is 20.2. The van der Waals surface area contributed by atoms with Crippen LogP contribution >= 0.6 is 0 Å². The second kappa shape index (κ2) is 10.5. The van der Waals surface area contributed by atoms with Crippen LogP contribution in [0.25, 0.3) is 32.9 Å². The summed E-state index contributed by atoms with van der Waals surface area (Å²) in [5.41, 5.74) is 12.1. The fourth-order valence-corrected chi connectivity index (χ4v) is 6.23. The van der Waals surface area contributed by atoms with Crippen LogP contribution < -0.4 is 5.73 Å². The van der Waals surface area contributed by atoms with Crippen LogP contribution in [-0.2, 0) is 11.3 Å². The molecule has 0 spiro atoms. The van der Waals surface area contributed by atoms with Gasteiger partial charge in [-0.3, -0.25) is 9.59 Å². The minimum atomic E-state index is -0.586. The first-order valence-electron chi connectivity index (χ1n) is 13.9. The summed E-state index contributed by atoms with van der Waals surface area (Å²) < 4.78 is 13.3. The maximum Gasteiger partial charge on any atom is 0.254 e. The van der Waals surface area contributed by atoms with Crippen molar-refractivity contribution in [2.75, 3.05) is 13.1 Å². The number of morpholine rings is 1. The molecule has 3 heterocycles. The van der Waals surface area contributed by atoms with Gasteiger partial charge in [0.2, 0.25) is 5.91 Å².